The van der Waals surface area contributed by atoms with Gasteiger partial charge in [0, 0.05) is 29.7 Å². The number of halogens is 3. The maximum atomic E-state index is 12.7. The summed E-state index contributed by atoms with van der Waals surface area (Å²) in [6, 6.07) is 2.00. The third-order valence-corrected chi connectivity index (χ3v) is 6.50. The number of carbonyl (C=O) groups excluding carboxylic acids is 1. The Labute approximate surface area is 172 Å². The molecule has 1 heterocycles. The topological polar surface area (TPSA) is 75.6 Å². The number of carboxylic acids is 1. The van der Waals surface area contributed by atoms with Gasteiger partial charge in [-0.2, -0.15) is 0 Å². The lowest BCUT2D eigenvalue weighted by molar-refractivity contribution is -0.145. The van der Waals surface area contributed by atoms with Gasteiger partial charge in [-0.05, 0) is 47.8 Å². The Kier molecular flexibility index (Phi) is 5.49. The SMILES string of the molecule is CSC(=CC(=O)c1cc2c(c(Cl)c1Cl)OC(I)(C(=O)O)C2)NC1CC1. The lowest BCUT2D eigenvalue weighted by Crippen LogP contribution is -2.36. The molecule has 1 aromatic rings. The first-order valence-electron chi connectivity index (χ1n) is 7.44. The number of benzene rings is 1. The van der Waals surface area contributed by atoms with E-state index < -0.39 is 9.58 Å². The summed E-state index contributed by atoms with van der Waals surface area (Å²) in [5.41, 5.74) is 0.799. The highest BCUT2D eigenvalue weighted by Crippen LogP contribution is 2.47. The van der Waals surface area contributed by atoms with Crippen molar-refractivity contribution in [2.45, 2.75) is 28.9 Å². The third-order valence-electron chi connectivity index (χ3n) is 3.91. The van der Waals surface area contributed by atoms with Crippen LogP contribution in [0.15, 0.2) is 17.2 Å². The molecule has 9 heteroatoms. The molecule has 1 unspecified atom stereocenters. The number of carbonyl (C=O) groups is 2. The third kappa shape index (κ3) is 3.89. The van der Waals surface area contributed by atoms with Crippen molar-refractivity contribution in [2.24, 2.45) is 0 Å². The average Bonchev–Trinajstić information content (AvgIpc) is 3.30. The highest BCUT2D eigenvalue weighted by atomic mass is 127. The van der Waals surface area contributed by atoms with Crippen LogP contribution in [0.2, 0.25) is 10.0 Å². The molecular weight excluding hydrogens is 500 g/mol. The van der Waals surface area contributed by atoms with Crippen molar-refractivity contribution in [3.05, 3.63) is 38.3 Å². The van der Waals surface area contributed by atoms with Gasteiger partial charge < -0.3 is 15.2 Å². The van der Waals surface area contributed by atoms with Crippen LogP contribution in [0.3, 0.4) is 0 Å². The molecule has 1 aromatic carbocycles. The maximum Gasteiger partial charge on any atom is 0.358 e. The second-order valence-electron chi connectivity index (χ2n) is 5.85. The van der Waals surface area contributed by atoms with Gasteiger partial charge >= 0.3 is 5.97 Å². The van der Waals surface area contributed by atoms with Crippen molar-refractivity contribution < 1.29 is 19.4 Å². The molecule has 3 rings (SSSR count). The van der Waals surface area contributed by atoms with E-state index in [1.54, 1.807) is 28.7 Å². The molecule has 0 saturated heterocycles. The summed E-state index contributed by atoms with van der Waals surface area (Å²) in [6.07, 6.45) is 5.69. The predicted octanol–water partition coefficient (Wildman–Crippen LogP) is 4.28. The molecule has 1 aliphatic heterocycles. The largest absolute Gasteiger partial charge is 0.478 e. The number of nitrogens with one attached hydrogen (secondary N) is 1. The Morgan fingerprint density at radius 1 is 1.44 bits per heavy atom. The number of aliphatic carboxylic acids is 1. The van der Waals surface area contributed by atoms with Crippen molar-refractivity contribution >= 4 is 69.3 Å². The van der Waals surface area contributed by atoms with E-state index in [-0.39, 0.29) is 33.6 Å². The Morgan fingerprint density at radius 2 is 2.12 bits per heavy atom. The molecule has 0 bridgehead atoms. The van der Waals surface area contributed by atoms with Gasteiger partial charge in [0.15, 0.2) is 5.78 Å². The minimum atomic E-state index is -1.44. The monoisotopic (exact) mass is 513 g/mol. The van der Waals surface area contributed by atoms with Crippen molar-refractivity contribution in [2.75, 3.05) is 6.26 Å². The van der Waals surface area contributed by atoms with Gasteiger partial charge in [0.05, 0.1) is 10.1 Å². The van der Waals surface area contributed by atoms with Crippen molar-refractivity contribution in [1.29, 1.82) is 0 Å². The van der Waals surface area contributed by atoms with Crippen molar-refractivity contribution in [3.63, 3.8) is 0 Å². The molecule has 0 amide bonds. The van der Waals surface area contributed by atoms with Crippen LogP contribution in [0.25, 0.3) is 0 Å². The number of hydrogen-bond acceptors (Lipinski definition) is 5. The molecule has 1 atom stereocenters. The number of ether oxygens (including phenoxy) is 1. The normalized spacial score (nSPS) is 22.3. The fourth-order valence-electron chi connectivity index (χ4n) is 2.43. The van der Waals surface area contributed by atoms with E-state index in [0.29, 0.717) is 11.6 Å². The molecule has 1 fully saturated rings. The van der Waals surface area contributed by atoms with E-state index in [2.05, 4.69) is 5.32 Å². The number of thioether (sulfide) groups is 1. The van der Waals surface area contributed by atoms with Crippen molar-refractivity contribution in [1.82, 2.24) is 5.32 Å². The van der Waals surface area contributed by atoms with Crippen LogP contribution >= 0.6 is 57.6 Å². The maximum absolute atomic E-state index is 12.7. The lowest BCUT2D eigenvalue weighted by Gasteiger charge is -2.16. The zero-order chi connectivity index (χ0) is 18.4. The first-order chi connectivity index (χ1) is 11.7. The van der Waals surface area contributed by atoms with Gasteiger partial charge in [0.1, 0.15) is 10.8 Å². The Morgan fingerprint density at radius 3 is 2.68 bits per heavy atom. The lowest BCUT2D eigenvalue weighted by atomic mass is 10.0. The van der Waals surface area contributed by atoms with E-state index >= 15 is 0 Å². The highest BCUT2D eigenvalue weighted by molar-refractivity contribution is 14.1. The highest BCUT2D eigenvalue weighted by Gasteiger charge is 2.46. The Balaban J connectivity index is 1.94. The quantitative estimate of drug-likeness (QED) is 0.256. The molecule has 2 N–H and O–H groups in total. The van der Waals surface area contributed by atoms with Crippen LogP contribution < -0.4 is 10.1 Å². The number of rotatable bonds is 6. The first-order valence-corrected chi connectivity index (χ1v) is 10.5. The molecule has 1 saturated carbocycles. The van der Waals surface area contributed by atoms with Crippen LogP contribution in [0.5, 0.6) is 5.75 Å². The number of allylic oxidation sites excluding steroid dienone is 1. The van der Waals surface area contributed by atoms with E-state index in [4.69, 9.17) is 27.9 Å². The van der Waals surface area contributed by atoms with Gasteiger partial charge in [-0.15, -0.1) is 11.8 Å². The zero-order valence-electron chi connectivity index (χ0n) is 13.1. The minimum absolute atomic E-state index is 0.0663. The molecule has 5 nitrogen and oxygen atoms in total. The summed E-state index contributed by atoms with van der Waals surface area (Å²) < 4.78 is 4.05. The number of carboxylic acid groups (broad SMARTS) is 1. The van der Waals surface area contributed by atoms with Crippen LogP contribution in [-0.4, -0.2) is 32.8 Å². The average molecular weight is 514 g/mol. The van der Waals surface area contributed by atoms with Gasteiger partial charge in [0.25, 0.3) is 3.61 Å². The fourth-order valence-corrected chi connectivity index (χ4v) is 4.07. The summed E-state index contributed by atoms with van der Waals surface area (Å²) in [4.78, 5) is 24.1. The number of fused-ring (bicyclic) bond motifs is 1. The predicted molar refractivity (Wildman–Crippen MR) is 107 cm³/mol. The van der Waals surface area contributed by atoms with Crippen molar-refractivity contribution in [3.8, 4) is 5.75 Å². The van der Waals surface area contributed by atoms with Gasteiger partial charge in [-0.1, -0.05) is 23.2 Å². The Bertz CT molecular complexity index is 797. The molecule has 0 spiro atoms. The number of hydrogen-bond donors (Lipinski definition) is 2. The van der Waals surface area contributed by atoms with Crippen LogP contribution in [0.4, 0.5) is 0 Å². The zero-order valence-corrected chi connectivity index (χ0v) is 17.6. The molecular formula is C16H14Cl2INO4S. The van der Waals surface area contributed by atoms with Gasteiger partial charge in [-0.25, -0.2) is 4.79 Å². The summed E-state index contributed by atoms with van der Waals surface area (Å²) >= 11 is 15.7. The minimum Gasteiger partial charge on any atom is -0.478 e. The Hall–Kier alpha value is -0.640. The van der Waals surface area contributed by atoms with E-state index in [1.165, 1.54) is 17.8 Å². The molecule has 1 aliphatic carbocycles. The van der Waals surface area contributed by atoms with Gasteiger partial charge in [0.2, 0.25) is 0 Å². The van der Waals surface area contributed by atoms with E-state index in [9.17, 15) is 14.7 Å². The molecule has 0 aromatic heterocycles. The van der Waals surface area contributed by atoms with Crippen LogP contribution in [0, 0.1) is 0 Å². The summed E-state index contributed by atoms with van der Waals surface area (Å²) in [5.74, 6) is -1.17. The van der Waals surface area contributed by atoms with E-state index in [1.807, 2.05) is 6.26 Å². The molecule has 25 heavy (non-hydrogen) atoms. The summed E-state index contributed by atoms with van der Waals surface area (Å²) in [6.45, 7) is 0. The molecule has 134 valence electrons. The molecule has 2 aliphatic rings. The molecule has 0 radical (unpaired) electrons. The fraction of sp³-hybridized carbons (Fsp3) is 0.375. The second-order valence-corrected chi connectivity index (χ2v) is 9.19. The van der Waals surface area contributed by atoms with E-state index in [0.717, 1.165) is 17.9 Å². The first kappa shape index (κ1) is 19.1. The number of ketones is 1. The number of alkyl halides is 1. The summed E-state index contributed by atoms with van der Waals surface area (Å²) in [7, 11) is 0. The van der Waals surface area contributed by atoms with Crippen LogP contribution in [0.1, 0.15) is 28.8 Å². The summed E-state index contributed by atoms with van der Waals surface area (Å²) in [5, 5.41) is 13.5. The smallest absolute Gasteiger partial charge is 0.358 e. The second kappa shape index (κ2) is 7.17. The van der Waals surface area contributed by atoms with Crippen LogP contribution in [-0.2, 0) is 11.2 Å². The van der Waals surface area contributed by atoms with Gasteiger partial charge in [-0.3, -0.25) is 4.79 Å². The standard InChI is InChI=1S/C16H14Cl2INO4S/c1-25-11(20-8-2-3-8)5-10(21)9-4-7-6-16(19,15(22)23)24-14(7)13(18)12(9)17/h4-5,8,20H,2-3,6H2,1H3,(H,22,23).